The second kappa shape index (κ2) is 6.24. The Kier molecular flexibility index (Phi) is 4.14. The predicted molar refractivity (Wildman–Crippen MR) is 88.6 cm³/mol. The van der Waals surface area contributed by atoms with Gasteiger partial charge in [0.15, 0.2) is 6.29 Å². The molecule has 0 amide bonds. The molecule has 1 fully saturated rings. The third kappa shape index (κ3) is 2.84. The molecule has 1 aliphatic rings. The number of aromatic hydroxyl groups is 1. The van der Waals surface area contributed by atoms with E-state index in [0.717, 1.165) is 25.7 Å². The monoisotopic (exact) mass is 314 g/mol. The molecule has 120 valence electrons. The van der Waals surface area contributed by atoms with E-state index in [4.69, 9.17) is 0 Å². The molecule has 0 unspecified atom stereocenters. The van der Waals surface area contributed by atoms with E-state index in [0.29, 0.717) is 6.29 Å². The number of anilines is 3. The molecule has 0 saturated heterocycles. The van der Waals surface area contributed by atoms with Gasteiger partial charge in [-0.3, -0.25) is 14.4 Å². The number of hydrogen-bond donors (Lipinski definition) is 3. The first-order valence-electron chi connectivity index (χ1n) is 7.76. The summed E-state index contributed by atoms with van der Waals surface area (Å²) in [5, 5.41) is 15.9. The zero-order chi connectivity index (χ0) is 16.4. The van der Waals surface area contributed by atoms with Gasteiger partial charge in [0, 0.05) is 6.04 Å². The van der Waals surface area contributed by atoms with Gasteiger partial charge in [-0.2, -0.15) is 0 Å². The van der Waals surface area contributed by atoms with Crippen LogP contribution in [-0.2, 0) is 0 Å². The average Bonchev–Trinajstić information content (AvgIpc) is 2.59. The molecule has 0 radical (unpaired) electrons. The number of benzene rings is 1. The van der Waals surface area contributed by atoms with Crippen molar-refractivity contribution in [3.63, 3.8) is 0 Å². The van der Waals surface area contributed by atoms with Crippen LogP contribution in [0.4, 0.5) is 17.1 Å². The largest absolute Gasteiger partial charge is 0.505 e. The lowest BCUT2D eigenvalue weighted by Gasteiger charge is -2.25. The van der Waals surface area contributed by atoms with Crippen molar-refractivity contribution in [1.82, 2.24) is 0 Å². The van der Waals surface area contributed by atoms with Crippen molar-refractivity contribution in [3.05, 3.63) is 44.2 Å². The van der Waals surface area contributed by atoms with Gasteiger partial charge >= 0.3 is 0 Å². The highest BCUT2D eigenvalue weighted by molar-refractivity contribution is 5.87. The Hall–Kier alpha value is -2.63. The van der Waals surface area contributed by atoms with Crippen molar-refractivity contribution in [3.8, 4) is 5.75 Å². The highest BCUT2D eigenvalue weighted by Crippen LogP contribution is 2.31. The van der Waals surface area contributed by atoms with Gasteiger partial charge in [-0.1, -0.05) is 25.3 Å². The number of nitrogens with one attached hydrogen (secondary N) is 2. The quantitative estimate of drug-likeness (QED) is 0.445. The van der Waals surface area contributed by atoms with Gasteiger partial charge in [0.05, 0.1) is 11.3 Å². The van der Waals surface area contributed by atoms with E-state index in [1.807, 2.05) is 0 Å². The van der Waals surface area contributed by atoms with Crippen molar-refractivity contribution >= 4 is 23.3 Å². The highest BCUT2D eigenvalue weighted by atomic mass is 16.3. The topological polar surface area (TPSA) is 95.5 Å². The maximum atomic E-state index is 11.8. The minimum atomic E-state index is -0.612. The maximum absolute atomic E-state index is 11.8. The molecule has 2 aromatic carbocycles. The molecule has 3 rings (SSSR count). The number of carbonyl (C=O) groups excluding carboxylic acids is 1. The van der Waals surface area contributed by atoms with Crippen LogP contribution in [0, 0.1) is 0 Å². The molecule has 1 saturated carbocycles. The van der Waals surface area contributed by atoms with Crippen LogP contribution in [0.25, 0.3) is 0 Å². The van der Waals surface area contributed by atoms with Crippen LogP contribution >= 0.6 is 0 Å². The molecule has 0 atom stereocenters. The zero-order valence-corrected chi connectivity index (χ0v) is 12.6. The van der Waals surface area contributed by atoms with Gasteiger partial charge in [0.1, 0.15) is 17.1 Å². The first kappa shape index (κ1) is 15.3. The smallest absolute Gasteiger partial charge is 0.253 e. The molecule has 0 spiro atoms. The molecule has 0 aliphatic heterocycles. The van der Waals surface area contributed by atoms with E-state index >= 15 is 0 Å². The summed E-state index contributed by atoms with van der Waals surface area (Å²) in [6.07, 6.45) is 5.90. The number of phenolic OH excluding ortho intramolecular Hbond substituents is 1. The molecule has 3 N–H and O–H groups in total. The number of aldehydes is 1. The van der Waals surface area contributed by atoms with Crippen molar-refractivity contribution in [2.75, 3.05) is 10.6 Å². The van der Waals surface area contributed by atoms with E-state index in [2.05, 4.69) is 10.6 Å². The van der Waals surface area contributed by atoms with E-state index in [1.165, 1.54) is 12.5 Å². The number of hydrogen-bond acceptors (Lipinski definition) is 6. The lowest BCUT2D eigenvalue weighted by Crippen LogP contribution is -2.39. The number of carbonyl (C=O) groups is 1. The second-order valence-electron chi connectivity index (χ2n) is 5.87. The summed E-state index contributed by atoms with van der Waals surface area (Å²) in [6, 6.07) is 4.80. The fourth-order valence-corrected chi connectivity index (χ4v) is 2.99. The van der Waals surface area contributed by atoms with Crippen LogP contribution < -0.4 is 21.5 Å². The Morgan fingerprint density at radius 1 is 1.04 bits per heavy atom. The van der Waals surface area contributed by atoms with E-state index in [9.17, 15) is 19.5 Å². The minimum Gasteiger partial charge on any atom is -0.505 e. The Bertz CT molecular complexity index is 799. The lowest BCUT2D eigenvalue weighted by molar-refractivity contribution is 0.112. The number of phenols is 1. The summed E-state index contributed by atoms with van der Waals surface area (Å²) in [6.45, 7) is 0. The molecule has 23 heavy (non-hydrogen) atoms. The molecule has 0 aromatic heterocycles. The van der Waals surface area contributed by atoms with Gasteiger partial charge in [0.25, 0.3) is 10.9 Å². The van der Waals surface area contributed by atoms with Crippen LogP contribution in [0.2, 0.25) is 0 Å². The Morgan fingerprint density at radius 3 is 2.43 bits per heavy atom. The first-order valence-corrected chi connectivity index (χ1v) is 7.76. The predicted octanol–water partition coefficient (Wildman–Crippen LogP) is 2.29. The van der Waals surface area contributed by atoms with Crippen molar-refractivity contribution in [2.45, 2.75) is 38.1 Å². The average molecular weight is 314 g/mol. The molecule has 2 aromatic rings. The lowest BCUT2D eigenvalue weighted by atomic mass is 9.95. The SMILES string of the molecule is O=Cc1cccc(Nc2c(NC3CCCCC3)c(=O)c2=O)c1O. The first-order chi connectivity index (χ1) is 11.1. The fourth-order valence-electron chi connectivity index (χ4n) is 2.99. The van der Waals surface area contributed by atoms with Gasteiger partial charge in [-0.15, -0.1) is 0 Å². The summed E-state index contributed by atoms with van der Waals surface area (Å²) in [7, 11) is 0. The van der Waals surface area contributed by atoms with Crippen LogP contribution in [0.1, 0.15) is 42.5 Å². The third-order valence-electron chi connectivity index (χ3n) is 4.32. The molecular formula is C17H18N2O4. The second-order valence-corrected chi connectivity index (χ2v) is 5.87. The van der Waals surface area contributed by atoms with Gasteiger partial charge in [0.2, 0.25) is 0 Å². The molecular weight excluding hydrogens is 296 g/mol. The van der Waals surface area contributed by atoms with E-state index in [-0.39, 0.29) is 34.4 Å². The summed E-state index contributed by atoms with van der Waals surface area (Å²) in [4.78, 5) is 34.5. The normalized spacial score (nSPS) is 15.5. The summed E-state index contributed by atoms with van der Waals surface area (Å²) in [5.74, 6) is -0.237. The van der Waals surface area contributed by atoms with Gasteiger partial charge in [-0.25, -0.2) is 0 Å². The highest BCUT2D eigenvalue weighted by Gasteiger charge is 2.25. The molecule has 0 bridgehead atoms. The van der Waals surface area contributed by atoms with Crippen molar-refractivity contribution in [1.29, 1.82) is 0 Å². The Balaban J connectivity index is 1.84. The van der Waals surface area contributed by atoms with E-state index < -0.39 is 10.9 Å². The van der Waals surface area contributed by atoms with Gasteiger partial charge in [-0.05, 0) is 25.0 Å². The van der Waals surface area contributed by atoms with E-state index in [1.54, 1.807) is 12.1 Å². The van der Waals surface area contributed by atoms with Crippen LogP contribution in [-0.4, -0.2) is 17.4 Å². The Morgan fingerprint density at radius 2 is 1.74 bits per heavy atom. The minimum absolute atomic E-state index is 0.121. The third-order valence-corrected chi connectivity index (χ3v) is 4.32. The molecule has 6 heteroatoms. The summed E-state index contributed by atoms with van der Waals surface area (Å²) in [5.41, 5.74) is -0.371. The number of para-hydroxylation sites is 1. The van der Waals surface area contributed by atoms with Crippen molar-refractivity contribution in [2.24, 2.45) is 0 Å². The molecule has 6 nitrogen and oxygen atoms in total. The zero-order valence-electron chi connectivity index (χ0n) is 12.6. The van der Waals surface area contributed by atoms with Crippen LogP contribution in [0.5, 0.6) is 5.75 Å². The number of rotatable bonds is 5. The summed E-state index contributed by atoms with van der Waals surface area (Å²) >= 11 is 0. The van der Waals surface area contributed by atoms with Gasteiger partial charge < -0.3 is 15.7 Å². The summed E-state index contributed by atoms with van der Waals surface area (Å²) < 4.78 is 0. The molecule has 0 heterocycles. The Labute approximate surface area is 132 Å². The van der Waals surface area contributed by atoms with Crippen molar-refractivity contribution < 1.29 is 9.90 Å². The van der Waals surface area contributed by atoms with Crippen LogP contribution in [0.15, 0.2) is 27.8 Å². The maximum Gasteiger partial charge on any atom is 0.253 e. The van der Waals surface area contributed by atoms with Crippen LogP contribution in [0.3, 0.4) is 0 Å². The molecule has 1 aliphatic carbocycles. The standard InChI is InChI=1S/C17H18N2O4/c20-9-10-5-4-8-12(15(10)21)19-14-13(16(22)17(14)23)18-11-6-2-1-3-7-11/h4-5,8-9,11,18-19,21H,1-3,6-7H2. The fraction of sp³-hybridized carbons (Fsp3) is 0.353.